The number of carbonyl (C=O) groups is 1. The molecule has 0 unspecified atom stereocenters. The van der Waals surface area contributed by atoms with Crippen LogP contribution in [0.5, 0.6) is 0 Å². The van der Waals surface area contributed by atoms with Gasteiger partial charge in [-0.3, -0.25) is 9.69 Å². The molecule has 2 fully saturated rings. The Bertz CT molecular complexity index is 454. The fourth-order valence-corrected chi connectivity index (χ4v) is 3.33. The van der Waals surface area contributed by atoms with Crippen LogP contribution in [0.25, 0.3) is 0 Å². The molecule has 0 radical (unpaired) electrons. The van der Waals surface area contributed by atoms with Crippen LogP contribution < -0.4 is 5.32 Å². The summed E-state index contributed by atoms with van der Waals surface area (Å²) in [6, 6.07) is 0. The van der Waals surface area contributed by atoms with Gasteiger partial charge in [-0.25, -0.2) is 4.98 Å². The third-order valence-corrected chi connectivity index (χ3v) is 4.76. The highest BCUT2D eigenvalue weighted by atomic mass is 32.1. The number of thiazole rings is 1. The van der Waals surface area contributed by atoms with Crippen molar-refractivity contribution in [1.29, 1.82) is 0 Å². The smallest absolute Gasteiger partial charge is 0.246 e. The van der Waals surface area contributed by atoms with Crippen molar-refractivity contribution in [2.24, 2.45) is 0 Å². The van der Waals surface area contributed by atoms with Gasteiger partial charge in [-0.1, -0.05) is 0 Å². The molecule has 104 valence electrons. The lowest BCUT2D eigenvalue weighted by Crippen LogP contribution is -2.57. The largest absolute Gasteiger partial charge is 0.363 e. The maximum absolute atomic E-state index is 11.1. The first kappa shape index (κ1) is 13.0. The third-order valence-electron chi connectivity index (χ3n) is 3.94. The minimum Gasteiger partial charge on any atom is -0.363 e. The van der Waals surface area contributed by atoms with Crippen molar-refractivity contribution in [2.45, 2.75) is 31.9 Å². The predicted molar refractivity (Wildman–Crippen MR) is 73.1 cm³/mol. The topological polar surface area (TPSA) is 54.5 Å². The zero-order chi connectivity index (χ0) is 13.3. The van der Waals surface area contributed by atoms with Gasteiger partial charge in [0.2, 0.25) is 5.91 Å². The molecule has 0 atom stereocenters. The van der Waals surface area contributed by atoms with Crippen molar-refractivity contribution in [2.75, 3.05) is 26.2 Å². The average molecular weight is 281 g/mol. The lowest BCUT2D eigenvalue weighted by Gasteiger charge is -2.43. The molecule has 19 heavy (non-hydrogen) atoms. The number of carbonyl (C=O) groups excluding carboxylic acids is 1. The minimum atomic E-state index is -0.123. The number of nitrogens with zero attached hydrogens (tertiary/aromatic N) is 2. The molecule has 2 aliphatic heterocycles. The van der Waals surface area contributed by atoms with E-state index in [2.05, 4.69) is 20.6 Å². The first-order valence-corrected chi connectivity index (χ1v) is 7.57. The van der Waals surface area contributed by atoms with Gasteiger partial charge in [-0.15, -0.1) is 11.3 Å². The van der Waals surface area contributed by atoms with Crippen LogP contribution in [0.4, 0.5) is 0 Å². The molecule has 1 aromatic heterocycles. The SMILES string of the molecule is Cc1nc(CN2CCC3(CC2)CNC(=O)CO3)cs1. The summed E-state index contributed by atoms with van der Waals surface area (Å²) in [6.07, 6.45) is 1.97. The summed E-state index contributed by atoms with van der Waals surface area (Å²) < 4.78 is 5.77. The quantitative estimate of drug-likeness (QED) is 0.876. The Hall–Kier alpha value is -0.980. The van der Waals surface area contributed by atoms with Crippen LogP contribution in [-0.4, -0.2) is 47.6 Å². The molecule has 0 saturated carbocycles. The number of rotatable bonds is 2. The monoisotopic (exact) mass is 281 g/mol. The summed E-state index contributed by atoms with van der Waals surface area (Å²) in [5.41, 5.74) is 1.04. The van der Waals surface area contributed by atoms with E-state index in [0.717, 1.165) is 43.2 Å². The van der Waals surface area contributed by atoms with E-state index in [1.165, 1.54) is 0 Å². The summed E-state index contributed by atoms with van der Waals surface area (Å²) in [7, 11) is 0. The third kappa shape index (κ3) is 2.96. The molecule has 3 rings (SSSR count). The number of nitrogens with one attached hydrogen (secondary N) is 1. The standard InChI is InChI=1S/C13H19N3O2S/c1-10-15-11(8-19-10)6-16-4-2-13(3-5-16)9-14-12(17)7-18-13/h8H,2-7,9H2,1H3,(H,14,17). The molecule has 5 nitrogen and oxygen atoms in total. The zero-order valence-corrected chi connectivity index (χ0v) is 12.0. The molecule has 1 aromatic rings. The average Bonchev–Trinajstić information content (AvgIpc) is 2.82. The van der Waals surface area contributed by atoms with Crippen LogP contribution in [0.3, 0.4) is 0 Å². The Morgan fingerprint density at radius 3 is 2.89 bits per heavy atom. The molecule has 3 heterocycles. The van der Waals surface area contributed by atoms with E-state index in [0.29, 0.717) is 6.54 Å². The number of ether oxygens (including phenoxy) is 1. The first-order valence-electron chi connectivity index (χ1n) is 6.69. The summed E-state index contributed by atoms with van der Waals surface area (Å²) in [5, 5.41) is 6.18. The van der Waals surface area contributed by atoms with Gasteiger partial charge < -0.3 is 10.1 Å². The normalized spacial score (nSPS) is 23.5. The second kappa shape index (κ2) is 5.19. The lowest BCUT2D eigenvalue weighted by atomic mass is 9.90. The van der Waals surface area contributed by atoms with Gasteiger partial charge in [-0.05, 0) is 19.8 Å². The van der Waals surface area contributed by atoms with Crippen molar-refractivity contribution in [1.82, 2.24) is 15.2 Å². The van der Waals surface area contributed by atoms with E-state index in [-0.39, 0.29) is 18.1 Å². The van der Waals surface area contributed by atoms with Gasteiger partial charge in [-0.2, -0.15) is 0 Å². The van der Waals surface area contributed by atoms with Crippen molar-refractivity contribution < 1.29 is 9.53 Å². The van der Waals surface area contributed by atoms with E-state index in [1.807, 2.05) is 6.92 Å². The van der Waals surface area contributed by atoms with Crippen molar-refractivity contribution in [3.05, 3.63) is 16.1 Å². The van der Waals surface area contributed by atoms with Crippen LogP contribution in [-0.2, 0) is 16.1 Å². The van der Waals surface area contributed by atoms with Gasteiger partial charge >= 0.3 is 0 Å². The summed E-state index contributed by atoms with van der Waals surface area (Å²) >= 11 is 1.70. The molecule has 2 saturated heterocycles. The molecule has 1 N–H and O–H groups in total. The summed E-state index contributed by atoms with van der Waals surface area (Å²) in [5.74, 6) is 0.00556. The number of hydrogen-bond acceptors (Lipinski definition) is 5. The second-order valence-electron chi connectivity index (χ2n) is 5.38. The van der Waals surface area contributed by atoms with E-state index >= 15 is 0 Å². The highest BCUT2D eigenvalue weighted by Gasteiger charge is 2.38. The van der Waals surface area contributed by atoms with Crippen LogP contribution in [0.15, 0.2) is 5.38 Å². The minimum absolute atomic E-state index is 0.00556. The molecule has 0 aromatic carbocycles. The number of piperidine rings is 1. The maximum atomic E-state index is 11.1. The Kier molecular flexibility index (Phi) is 3.56. The van der Waals surface area contributed by atoms with Crippen LogP contribution in [0.1, 0.15) is 23.5 Å². The first-order chi connectivity index (χ1) is 9.15. The molecular weight excluding hydrogens is 262 g/mol. The van der Waals surface area contributed by atoms with Gasteiger partial charge in [0.1, 0.15) is 6.61 Å². The molecule has 0 aliphatic carbocycles. The Morgan fingerprint density at radius 2 is 2.32 bits per heavy atom. The predicted octanol–water partition coefficient (Wildman–Crippen LogP) is 0.933. The number of morpholine rings is 1. The summed E-state index contributed by atoms with van der Waals surface area (Å²) in [6.45, 7) is 5.85. The van der Waals surface area contributed by atoms with Gasteiger partial charge in [0.05, 0.1) is 16.3 Å². The van der Waals surface area contributed by atoms with Crippen LogP contribution in [0.2, 0.25) is 0 Å². The Balaban J connectivity index is 1.53. The fraction of sp³-hybridized carbons (Fsp3) is 0.692. The number of aryl methyl sites for hydroxylation is 1. The number of amides is 1. The van der Waals surface area contributed by atoms with E-state index in [1.54, 1.807) is 11.3 Å². The highest BCUT2D eigenvalue weighted by Crippen LogP contribution is 2.28. The van der Waals surface area contributed by atoms with E-state index < -0.39 is 0 Å². The van der Waals surface area contributed by atoms with Crippen molar-refractivity contribution in [3.8, 4) is 0 Å². The van der Waals surface area contributed by atoms with Crippen LogP contribution in [0, 0.1) is 6.92 Å². The molecule has 1 amide bonds. The van der Waals surface area contributed by atoms with Crippen LogP contribution >= 0.6 is 11.3 Å². The molecule has 0 bridgehead atoms. The van der Waals surface area contributed by atoms with Crippen molar-refractivity contribution >= 4 is 17.2 Å². The van der Waals surface area contributed by atoms with Gasteiger partial charge in [0, 0.05) is 31.6 Å². The van der Waals surface area contributed by atoms with Crippen molar-refractivity contribution in [3.63, 3.8) is 0 Å². The zero-order valence-electron chi connectivity index (χ0n) is 11.1. The maximum Gasteiger partial charge on any atom is 0.246 e. The molecule has 1 spiro atoms. The van der Waals surface area contributed by atoms with Gasteiger partial charge in [0.15, 0.2) is 0 Å². The molecular formula is C13H19N3O2S. The van der Waals surface area contributed by atoms with E-state index in [9.17, 15) is 4.79 Å². The van der Waals surface area contributed by atoms with Gasteiger partial charge in [0.25, 0.3) is 0 Å². The number of hydrogen-bond donors (Lipinski definition) is 1. The highest BCUT2D eigenvalue weighted by molar-refractivity contribution is 7.09. The number of likely N-dealkylation sites (tertiary alicyclic amines) is 1. The Labute approximate surface area is 117 Å². The summed E-state index contributed by atoms with van der Waals surface area (Å²) in [4.78, 5) is 18.1. The second-order valence-corrected chi connectivity index (χ2v) is 6.44. The number of aromatic nitrogens is 1. The van der Waals surface area contributed by atoms with E-state index in [4.69, 9.17) is 4.74 Å². The molecule has 6 heteroatoms. The molecule has 2 aliphatic rings. The Morgan fingerprint density at radius 1 is 1.53 bits per heavy atom. The lowest BCUT2D eigenvalue weighted by molar-refractivity contribution is -0.150. The fourth-order valence-electron chi connectivity index (χ4n) is 2.73.